The van der Waals surface area contributed by atoms with Crippen LogP contribution in [0.25, 0.3) is 22.1 Å². The molecular weight excluding hydrogens is 459 g/mol. The van der Waals surface area contributed by atoms with Crippen LogP contribution in [0.2, 0.25) is 0 Å². The van der Waals surface area contributed by atoms with Crippen molar-refractivity contribution in [3.63, 3.8) is 0 Å². The topological polar surface area (TPSA) is 108 Å². The first-order valence-corrected chi connectivity index (χ1v) is 11.5. The van der Waals surface area contributed by atoms with E-state index in [0.717, 1.165) is 11.1 Å². The highest BCUT2D eigenvalue weighted by Gasteiger charge is 2.12. The summed E-state index contributed by atoms with van der Waals surface area (Å²) in [6.07, 6.45) is 2.92. The zero-order valence-corrected chi connectivity index (χ0v) is 18.7. The molecule has 0 aliphatic heterocycles. The summed E-state index contributed by atoms with van der Waals surface area (Å²) < 4.78 is 21.7. The normalized spacial score (nSPS) is 11.3. The summed E-state index contributed by atoms with van der Waals surface area (Å²) >= 11 is 1.22. The molecule has 5 aromatic rings. The molecule has 3 aromatic heterocycles. The summed E-state index contributed by atoms with van der Waals surface area (Å²) in [4.78, 5) is 33.7. The zero-order chi connectivity index (χ0) is 23.5. The van der Waals surface area contributed by atoms with E-state index in [2.05, 4.69) is 20.4 Å². The number of nitrogens with zero attached hydrogens (tertiary/aromatic N) is 5. The van der Waals surface area contributed by atoms with Gasteiger partial charge in [0.25, 0.3) is 10.8 Å². The fourth-order valence-electron chi connectivity index (χ4n) is 3.45. The minimum absolute atomic E-state index is 0.166. The van der Waals surface area contributed by atoms with E-state index < -0.39 is 0 Å². The number of nitrogens with one attached hydrogen (secondary N) is 1. The molecule has 0 unspecified atom stereocenters. The van der Waals surface area contributed by atoms with E-state index in [4.69, 9.17) is 4.42 Å². The van der Waals surface area contributed by atoms with Crippen LogP contribution in [0.15, 0.2) is 75.5 Å². The summed E-state index contributed by atoms with van der Waals surface area (Å²) in [7, 11) is 0. The number of hydrogen-bond acceptors (Lipinski definition) is 7. The van der Waals surface area contributed by atoms with Crippen LogP contribution in [0.4, 0.5) is 4.39 Å². The molecule has 0 aliphatic carbocycles. The molecule has 0 spiro atoms. The number of halogens is 1. The van der Waals surface area contributed by atoms with Gasteiger partial charge in [-0.2, -0.15) is 5.10 Å². The minimum Gasteiger partial charge on any atom is -0.431 e. The highest BCUT2D eigenvalue weighted by molar-refractivity contribution is 7.99. The molecule has 34 heavy (non-hydrogen) atoms. The molecule has 1 N–H and O–H groups in total. The smallest absolute Gasteiger partial charge is 0.264 e. The van der Waals surface area contributed by atoms with Crippen molar-refractivity contribution in [2.75, 3.05) is 12.3 Å². The lowest BCUT2D eigenvalue weighted by atomic mass is 10.2. The van der Waals surface area contributed by atoms with E-state index >= 15 is 0 Å². The predicted molar refractivity (Wildman–Crippen MR) is 125 cm³/mol. The number of amides is 1. The molecule has 0 fully saturated rings. The Morgan fingerprint density at radius 2 is 1.97 bits per heavy atom. The maximum atomic E-state index is 13.1. The molecule has 0 radical (unpaired) electrons. The lowest BCUT2D eigenvalue weighted by Crippen LogP contribution is -2.29. The number of aromatic nitrogens is 5. The lowest BCUT2D eigenvalue weighted by Gasteiger charge is -2.07. The van der Waals surface area contributed by atoms with Crippen LogP contribution in [0.1, 0.15) is 5.56 Å². The highest BCUT2D eigenvalue weighted by Crippen LogP contribution is 2.22. The van der Waals surface area contributed by atoms with Crippen molar-refractivity contribution in [1.82, 2.24) is 29.6 Å². The van der Waals surface area contributed by atoms with Gasteiger partial charge in [0.2, 0.25) is 5.91 Å². The standard InChI is InChI=1S/C23H19FN6O3S/c24-16-7-5-15(6-8-16)12-29-14-26-21-17(22(29)32)11-27-30(21)10-9-25-20(31)13-34-23-28-18-3-1-2-4-19(18)33-23/h1-8,11,14H,9-10,12-13H2,(H,25,31). The van der Waals surface area contributed by atoms with Gasteiger partial charge < -0.3 is 9.73 Å². The number of thioether (sulfide) groups is 1. The molecule has 11 heteroatoms. The van der Waals surface area contributed by atoms with E-state index in [-0.39, 0.29) is 29.6 Å². The summed E-state index contributed by atoms with van der Waals surface area (Å²) in [6, 6.07) is 13.4. The number of para-hydroxylation sites is 2. The highest BCUT2D eigenvalue weighted by atomic mass is 32.2. The molecule has 5 rings (SSSR count). The Morgan fingerprint density at radius 1 is 1.15 bits per heavy atom. The third-order valence-corrected chi connectivity index (χ3v) is 5.96. The van der Waals surface area contributed by atoms with Gasteiger partial charge in [-0.25, -0.2) is 19.0 Å². The Balaban J connectivity index is 1.17. The van der Waals surface area contributed by atoms with Crippen molar-refractivity contribution in [1.29, 1.82) is 0 Å². The van der Waals surface area contributed by atoms with Crippen molar-refractivity contribution in [3.05, 3.63) is 82.8 Å². The molecule has 172 valence electrons. The average molecular weight is 479 g/mol. The zero-order valence-electron chi connectivity index (χ0n) is 17.8. The number of rotatable bonds is 8. The van der Waals surface area contributed by atoms with Crippen LogP contribution >= 0.6 is 11.8 Å². The Labute approximate surface area is 196 Å². The van der Waals surface area contributed by atoms with Crippen LogP contribution in [-0.4, -0.2) is 42.5 Å². The van der Waals surface area contributed by atoms with Crippen molar-refractivity contribution >= 4 is 39.8 Å². The second kappa shape index (κ2) is 9.48. The molecule has 3 heterocycles. The fraction of sp³-hybridized carbons (Fsp3) is 0.174. The Hall–Kier alpha value is -3.99. The molecule has 9 nitrogen and oxygen atoms in total. The van der Waals surface area contributed by atoms with Gasteiger partial charge in [0.1, 0.15) is 23.0 Å². The minimum atomic E-state index is -0.331. The van der Waals surface area contributed by atoms with Crippen molar-refractivity contribution < 1.29 is 13.6 Å². The first-order chi connectivity index (χ1) is 16.6. The number of carbonyl (C=O) groups is 1. The average Bonchev–Trinajstić information content (AvgIpc) is 3.45. The van der Waals surface area contributed by atoms with Crippen LogP contribution in [0, 0.1) is 5.82 Å². The molecule has 2 aromatic carbocycles. The van der Waals surface area contributed by atoms with Gasteiger partial charge in [-0.05, 0) is 29.8 Å². The molecule has 1 amide bonds. The molecule has 0 aliphatic rings. The lowest BCUT2D eigenvalue weighted by molar-refractivity contribution is -0.118. The van der Waals surface area contributed by atoms with Gasteiger partial charge in [-0.3, -0.25) is 14.2 Å². The van der Waals surface area contributed by atoms with Crippen molar-refractivity contribution in [2.45, 2.75) is 18.3 Å². The van der Waals surface area contributed by atoms with Gasteiger partial charge in [0.15, 0.2) is 11.2 Å². The first kappa shape index (κ1) is 21.8. The number of benzene rings is 2. The molecular formula is C23H19FN6O3S. The van der Waals surface area contributed by atoms with Crippen LogP contribution in [-0.2, 0) is 17.9 Å². The maximum Gasteiger partial charge on any atom is 0.264 e. The Kier molecular flexibility index (Phi) is 6.09. The van der Waals surface area contributed by atoms with E-state index in [1.165, 1.54) is 41.0 Å². The van der Waals surface area contributed by atoms with E-state index in [0.29, 0.717) is 34.9 Å². The summed E-state index contributed by atoms with van der Waals surface area (Å²) in [5.74, 6) is -0.333. The second-order valence-corrected chi connectivity index (χ2v) is 8.42. The number of carbonyl (C=O) groups excluding carboxylic acids is 1. The molecule has 0 bridgehead atoms. The van der Waals surface area contributed by atoms with Crippen LogP contribution in [0.5, 0.6) is 0 Å². The molecule has 0 saturated heterocycles. The quantitative estimate of drug-likeness (QED) is 0.342. The van der Waals surface area contributed by atoms with E-state index in [1.54, 1.807) is 16.8 Å². The van der Waals surface area contributed by atoms with Crippen molar-refractivity contribution in [3.8, 4) is 0 Å². The third kappa shape index (κ3) is 4.69. The van der Waals surface area contributed by atoms with Gasteiger partial charge in [0.05, 0.1) is 25.0 Å². The van der Waals surface area contributed by atoms with Crippen LogP contribution in [0.3, 0.4) is 0 Å². The summed E-state index contributed by atoms with van der Waals surface area (Å²) in [5.41, 5.74) is 2.42. The molecule has 0 atom stereocenters. The summed E-state index contributed by atoms with van der Waals surface area (Å²) in [6.45, 7) is 0.961. The number of oxazole rings is 1. The Bertz CT molecular complexity index is 1490. The first-order valence-electron chi connectivity index (χ1n) is 10.5. The second-order valence-electron chi connectivity index (χ2n) is 7.50. The van der Waals surface area contributed by atoms with Gasteiger partial charge in [-0.1, -0.05) is 36.0 Å². The largest absolute Gasteiger partial charge is 0.431 e. The fourth-order valence-corrected chi connectivity index (χ4v) is 4.12. The van der Waals surface area contributed by atoms with Gasteiger partial charge >= 0.3 is 0 Å². The van der Waals surface area contributed by atoms with Crippen molar-refractivity contribution in [2.24, 2.45) is 0 Å². The van der Waals surface area contributed by atoms with Gasteiger partial charge in [0, 0.05) is 6.54 Å². The number of fused-ring (bicyclic) bond motifs is 2. The predicted octanol–water partition coefficient (Wildman–Crippen LogP) is 2.83. The van der Waals surface area contributed by atoms with E-state index in [9.17, 15) is 14.0 Å². The third-order valence-electron chi connectivity index (χ3n) is 5.14. The SMILES string of the molecule is O=C(CSc1nc2ccccc2o1)NCCn1ncc2c(=O)n(Cc3ccc(F)cc3)cnc21. The van der Waals surface area contributed by atoms with Gasteiger partial charge in [-0.15, -0.1) is 0 Å². The van der Waals surface area contributed by atoms with Crippen LogP contribution < -0.4 is 10.9 Å². The Morgan fingerprint density at radius 3 is 2.79 bits per heavy atom. The molecule has 0 saturated carbocycles. The number of hydrogen-bond donors (Lipinski definition) is 1. The van der Waals surface area contributed by atoms with E-state index in [1.807, 2.05) is 24.3 Å². The summed E-state index contributed by atoms with van der Waals surface area (Å²) in [5, 5.41) is 7.88. The monoisotopic (exact) mass is 478 g/mol. The maximum absolute atomic E-state index is 13.1.